The van der Waals surface area contributed by atoms with Gasteiger partial charge in [0.15, 0.2) is 5.78 Å². The van der Waals surface area contributed by atoms with Gasteiger partial charge in [-0.2, -0.15) is 0 Å². The number of nitrogens with one attached hydrogen (secondary N) is 1. The van der Waals surface area contributed by atoms with E-state index in [1.54, 1.807) is 0 Å². The summed E-state index contributed by atoms with van der Waals surface area (Å²) in [4.78, 5) is 32.1. The topological polar surface area (TPSA) is 83.5 Å². The van der Waals surface area contributed by atoms with Gasteiger partial charge in [0, 0.05) is 25.1 Å². The first-order valence-corrected chi connectivity index (χ1v) is 5.16. The smallest absolute Gasteiger partial charge is 0.303 e. The minimum Gasteiger partial charge on any atom is -0.481 e. The van der Waals surface area contributed by atoms with E-state index in [-0.39, 0.29) is 43.4 Å². The van der Waals surface area contributed by atoms with Crippen LogP contribution in [0, 0.1) is 0 Å². The molecule has 15 heavy (non-hydrogen) atoms. The predicted molar refractivity (Wildman–Crippen MR) is 54.8 cm³/mol. The van der Waals surface area contributed by atoms with E-state index in [4.69, 9.17) is 16.7 Å². The van der Waals surface area contributed by atoms with E-state index in [2.05, 4.69) is 5.32 Å². The predicted octanol–water partition coefficient (Wildman–Crippen LogP) is 0.556. The largest absolute Gasteiger partial charge is 0.481 e. The van der Waals surface area contributed by atoms with Crippen LogP contribution in [0.15, 0.2) is 0 Å². The van der Waals surface area contributed by atoms with Gasteiger partial charge < -0.3 is 10.4 Å². The Labute approximate surface area is 92.8 Å². The SMILES string of the molecule is O=C(O)CCCC(=O)CNC(=O)CCCl. The summed E-state index contributed by atoms with van der Waals surface area (Å²) in [6, 6.07) is 0. The van der Waals surface area contributed by atoms with E-state index in [9.17, 15) is 14.4 Å². The molecule has 0 rings (SSSR count). The fourth-order valence-electron chi connectivity index (χ4n) is 0.897. The van der Waals surface area contributed by atoms with E-state index in [1.807, 2.05) is 0 Å². The number of hydrogen-bond acceptors (Lipinski definition) is 3. The van der Waals surface area contributed by atoms with Crippen molar-refractivity contribution in [1.82, 2.24) is 5.32 Å². The van der Waals surface area contributed by atoms with Crippen LogP contribution >= 0.6 is 11.6 Å². The van der Waals surface area contributed by atoms with Crippen molar-refractivity contribution in [1.29, 1.82) is 0 Å². The maximum atomic E-state index is 11.1. The highest BCUT2D eigenvalue weighted by atomic mass is 35.5. The molecule has 0 heterocycles. The second-order valence-electron chi connectivity index (χ2n) is 3.00. The zero-order valence-electron chi connectivity index (χ0n) is 8.29. The lowest BCUT2D eigenvalue weighted by atomic mass is 10.2. The molecule has 0 aromatic rings. The van der Waals surface area contributed by atoms with Crippen LogP contribution in [0.1, 0.15) is 25.7 Å². The summed E-state index contributed by atoms with van der Waals surface area (Å²) < 4.78 is 0. The number of ketones is 1. The van der Waals surface area contributed by atoms with Gasteiger partial charge in [-0.15, -0.1) is 11.6 Å². The van der Waals surface area contributed by atoms with Crippen LogP contribution in [-0.4, -0.2) is 35.2 Å². The Morgan fingerprint density at radius 1 is 1.13 bits per heavy atom. The van der Waals surface area contributed by atoms with Gasteiger partial charge in [-0.25, -0.2) is 0 Å². The summed E-state index contributed by atoms with van der Waals surface area (Å²) in [5, 5.41) is 10.7. The molecule has 0 aliphatic heterocycles. The number of amides is 1. The standard InChI is InChI=1S/C9H14ClNO4/c10-5-4-8(13)11-6-7(12)2-1-3-9(14)15/h1-6H2,(H,11,13)(H,14,15). The molecule has 1 amide bonds. The van der Waals surface area contributed by atoms with Crippen LogP contribution < -0.4 is 5.32 Å². The molecule has 0 spiro atoms. The molecular weight excluding hydrogens is 222 g/mol. The average molecular weight is 236 g/mol. The number of carbonyl (C=O) groups is 3. The number of carbonyl (C=O) groups excluding carboxylic acids is 2. The molecule has 0 atom stereocenters. The average Bonchev–Trinajstić information content (AvgIpc) is 2.14. The van der Waals surface area contributed by atoms with Crippen molar-refractivity contribution < 1.29 is 19.5 Å². The molecule has 0 aromatic heterocycles. The zero-order chi connectivity index (χ0) is 11.7. The molecule has 5 nitrogen and oxygen atoms in total. The third kappa shape index (κ3) is 9.21. The third-order valence-electron chi connectivity index (χ3n) is 1.65. The highest BCUT2D eigenvalue weighted by molar-refractivity contribution is 6.18. The fraction of sp³-hybridized carbons (Fsp3) is 0.667. The molecule has 2 N–H and O–H groups in total. The highest BCUT2D eigenvalue weighted by Gasteiger charge is 2.06. The van der Waals surface area contributed by atoms with Gasteiger partial charge >= 0.3 is 5.97 Å². The maximum absolute atomic E-state index is 11.1. The third-order valence-corrected chi connectivity index (χ3v) is 1.84. The number of halogens is 1. The van der Waals surface area contributed by atoms with Crippen LogP contribution in [-0.2, 0) is 14.4 Å². The Bertz CT molecular complexity index is 242. The van der Waals surface area contributed by atoms with Crippen LogP contribution in [0.4, 0.5) is 0 Å². The Balaban J connectivity index is 3.49. The van der Waals surface area contributed by atoms with Crippen molar-refractivity contribution in [3.8, 4) is 0 Å². The van der Waals surface area contributed by atoms with Crippen molar-refractivity contribution >= 4 is 29.3 Å². The number of aliphatic carboxylic acids is 1. The van der Waals surface area contributed by atoms with Crippen LogP contribution in [0.5, 0.6) is 0 Å². The summed E-state index contributed by atoms with van der Waals surface area (Å²) in [6.07, 6.45) is 0.637. The lowest BCUT2D eigenvalue weighted by Crippen LogP contribution is -2.29. The second kappa shape index (κ2) is 8.23. The first kappa shape index (κ1) is 13.9. The Kier molecular flexibility index (Phi) is 7.62. The van der Waals surface area contributed by atoms with E-state index in [0.717, 1.165) is 0 Å². The monoisotopic (exact) mass is 235 g/mol. The second-order valence-corrected chi connectivity index (χ2v) is 3.38. The quantitative estimate of drug-likeness (QED) is 0.602. The lowest BCUT2D eigenvalue weighted by Gasteiger charge is -2.02. The molecule has 86 valence electrons. The summed E-state index contributed by atoms with van der Waals surface area (Å²) in [5.74, 6) is -1.14. The molecular formula is C9H14ClNO4. The minimum atomic E-state index is -0.922. The molecule has 0 saturated heterocycles. The molecule has 6 heteroatoms. The van der Waals surface area contributed by atoms with Gasteiger partial charge in [-0.3, -0.25) is 14.4 Å². The van der Waals surface area contributed by atoms with E-state index in [0.29, 0.717) is 6.42 Å². The van der Waals surface area contributed by atoms with Gasteiger partial charge in [0.2, 0.25) is 5.91 Å². The van der Waals surface area contributed by atoms with Gasteiger partial charge in [0.05, 0.1) is 6.54 Å². The summed E-state index contributed by atoms with van der Waals surface area (Å²) >= 11 is 5.32. The molecule has 0 bridgehead atoms. The van der Waals surface area contributed by atoms with E-state index >= 15 is 0 Å². The van der Waals surface area contributed by atoms with E-state index < -0.39 is 5.97 Å². The first-order valence-electron chi connectivity index (χ1n) is 4.62. The number of carboxylic acid groups (broad SMARTS) is 1. The first-order chi connectivity index (χ1) is 7.06. The Morgan fingerprint density at radius 3 is 2.33 bits per heavy atom. The van der Waals surface area contributed by atoms with Crippen molar-refractivity contribution in [2.75, 3.05) is 12.4 Å². The van der Waals surface area contributed by atoms with Crippen molar-refractivity contribution in [2.45, 2.75) is 25.7 Å². The highest BCUT2D eigenvalue weighted by Crippen LogP contribution is 1.96. The number of hydrogen-bond donors (Lipinski definition) is 2. The van der Waals surface area contributed by atoms with Gasteiger partial charge in [-0.05, 0) is 6.42 Å². The minimum absolute atomic E-state index is 0.0264. The lowest BCUT2D eigenvalue weighted by molar-refractivity contribution is -0.137. The maximum Gasteiger partial charge on any atom is 0.303 e. The number of rotatable bonds is 8. The van der Waals surface area contributed by atoms with E-state index in [1.165, 1.54) is 0 Å². The number of carboxylic acids is 1. The summed E-state index contributed by atoms with van der Waals surface area (Å²) in [6.45, 7) is -0.0463. The summed E-state index contributed by atoms with van der Waals surface area (Å²) in [7, 11) is 0. The van der Waals surface area contributed by atoms with Crippen molar-refractivity contribution in [2.24, 2.45) is 0 Å². The van der Waals surface area contributed by atoms with Crippen molar-refractivity contribution in [3.63, 3.8) is 0 Å². The number of alkyl halides is 1. The normalized spacial score (nSPS) is 9.67. The van der Waals surface area contributed by atoms with Crippen LogP contribution in [0.3, 0.4) is 0 Å². The van der Waals surface area contributed by atoms with Gasteiger partial charge in [-0.1, -0.05) is 0 Å². The van der Waals surface area contributed by atoms with Crippen LogP contribution in [0.2, 0.25) is 0 Å². The fourth-order valence-corrected chi connectivity index (χ4v) is 1.07. The van der Waals surface area contributed by atoms with Gasteiger partial charge in [0.1, 0.15) is 0 Å². The Hall–Kier alpha value is -1.10. The molecule has 0 saturated carbocycles. The molecule has 0 fully saturated rings. The number of Topliss-reactive ketones (excluding diaryl/α,β-unsaturated/α-hetero) is 1. The van der Waals surface area contributed by atoms with Crippen LogP contribution in [0.25, 0.3) is 0 Å². The molecule has 0 unspecified atom stereocenters. The molecule has 0 aromatic carbocycles. The zero-order valence-corrected chi connectivity index (χ0v) is 9.05. The Morgan fingerprint density at radius 2 is 1.80 bits per heavy atom. The van der Waals surface area contributed by atoms with Crippen molar-refractivity contribution in [3.05, 3.63) is 0 Å². The molecule has 0 aliphatic carbocycles. The van der Waals surface area contributed by atoms with Gasteiger partial charge in [0.25, 0.3) is 0 Å². The molecule has 0 radical (unpaired) electrons. The summed E-state index contributed by atoms with van der Waals surface area (Å²) in [5.41, 5.74) is 0. The molecule has 0 aliphatic rings.